The number of halogens is 2. The molecule has 3 aromatic rings. The minimum Gasteiger partial charge on any atom is -0.466 e. The van der Waals surface area contributed by atoms with E-state index in [-0.39, 0.29) is 11.1 Å². The van der Waals surface area contributed by atoms with Gasteiger partial charge in [0.1, 0.15) is 11.8 Å². The van der Waals surface area contributed by atoms with E-state index in [0.717, 1.165) is 15.8 Å². The van der Waals surface area contributed by atoms with E-state index in [4.69, 9.17) is 21.1 Å². The largest absolute Gasteiger partial charge is 0.466 e. The van der Waals surface area contributed by atoms with Crippen LogP contribution in [0.25, 0.3) is 6.08 Å². The van der Waals surface area contributed by atoms with Crippen LogP contribution < -0.4 is 19.6 Å². The molecule has 174 valence electrons. The molecule has 0 N–H and O–H groups in total. The van der Waals surface area contributed by atoms with Gasteiger partial charge in [-0.05, 0) is 42.8 Å². The number of carbonyl (C=O) groups excluding carboxylic acids is 2. The lowest BCUT2D eigenvalue weighted by Crippen LogP contribution is -2.39. The van der Waals surface area contributed by atoms with E-state index in [9.17, 15) is 14.4 Å². The number of hydrogen-bond donors (Lipinski definition) is 0. The van der Waals surface area contributed by atoms with Crippen LogP contribution in [0.5, 0.6) is 5.75 Å². The SMILES string of the molecule is COC(=O)C1=C(C)N=c2s/c(=C/c3cc(Br)ccc3OC(C)=O)c(=O)n2[C@H]1c1ccccc1Cl. The van der Waals surface area contributed by atoms with Crippen LogP contribution in [0.15, 0.2) is 68.0 Å². The monoisotopic (exact) mass is 560 g/mol. The quantitative estimate of drug-likeness (QED) is 0.358. The van der Waals surface area contributed by atoms with Gasteiger partial charge >= 0.3 is 11.9 Å². The lowest BCUT2D eigenvalue weighted by atomic mass is 9.96. The predicted molar refractivity (Wildman–Crippen MR) is 133 cm³/mol. The second kappa shape index (κ2) is 9.69. The number of allylic oxidation sites excluding steroid dienone is 1. The van der Waals surface area contributed by atoms with Gasteiger partial charge in [-0.15, -0.1) is 0 Å². The van der Waals surface area contributed by atoms with Crippen molar-refractivity contribution in [2.75, 3.05) is 7.11 Å². The summed E-state index contributed by atoms with van der Waals surface area (Å²) >= 11 is 11.1. The summed E-state index contributed by atoms with van der Waals surface area (Å²) in [5.74, 6) is -0.754. The lowest BCUT2D eigenvalue weighted by Gasteiger charge is -2.25. The molecule has 0 saturated heterocycles. The molecule has 0 saturated carbocycles. The second-order valence-electron chi connectivity index (χ2n) is 7.37. The highest BCUT2D eigenvalue weighted by Crippen LogP contribution is 2.34. The summed E-state index contributed by atoms with van der Waals surface area (Å²) in [6.07, 6.45) is 1.63. The normalized spacial score (nSPS) is 15.6. The molecule has 7 nitrogen and oxygen atoms in total. The van der Waals surface area contributed by atoms with Crippen LogP contribution in [0.3, 0.4) is 0 Å². The first-order valence-corrected chi connectivity index (χ1v) is 12.0. The van der Waals surface area contributed by atoms with Gasteiger partial charge in [0.15, 0.2) is 4.80 Å². The number of aromatic nitrogens is 1. The molecule has 34 heavy (non-hydrogen) atoms. The van der Waals surface area contributed by atoms with Gasteiger partial charge in [0.25, 0.3) is 5.56 Å². The predicted octanol–water partition coefficient (Wildman–Crippen LogP) is 3.75. The molecular weight excluding hydrogens is 544 g/mol. The number of carbonyl (C=O) groups is 2. The van der Waals surface area contributed by atoms with Crippen LogP contribution in [-0.4, -0.2) is 23.6 Å². The van der Waals surface area contributed by atoms with E-state index in [2.05, 4.69) is 20.9 Å². The standard InChI is InChI=1S/C24H18BrClN2O5S/c1-12-20(23(31)32-3)21(16-6-4-5-7-17(16)26)28-22(30)19(34-24(28)27-12)11-14-10-15(25)8-9-18(14)33-13(2)29/h4-11,21H,1-3H3/b19-11+/t21-/m0/s1. The van der Waals surface area contributed by atoms with E-state index in [1.807, 2.05) is 0 Å². The molecule has 4 rings (SSSR count). The van der Waals surface area contributed by atoms with Crippen molar-refractivity contribution in [3.8, 4) is 5.75 Å². The fourth-order valence-corrected chi connectivity index (χ4v) is 5.36. The van der Waals surface area contributed by atoms with Gasteiger partial charge in [0.2, 0.25) is 0 Å². The maximum Gasteiger partial charge on any atom is 0.338 e. The Morgan fingerprint density at radius 3 is 2.65 bits per heavy atom. The lowest BCUT2D eigenvalue weighted by molar-refractivity contribution is -0.136. The van der Waals surface area contributed by atoms with Crippen molar-refractivity contribution in [1.82, 2.24) is 4.57 Å². The Morgan fingerprint density at radius 2 is 1.97 bits per heavy atom. The molecule has 1 aromatic heterocycles. The number of thiazole rings is 1. The molecule has 0 amide bonds. The number of ether oxygens (including phenoxy) is 2. The number of hydrogen-bond acceptors (Lipinski definition) is 7. The van der Waals surface area contributed by atoms with Crippen LogP contribution in [0.2, 0.25) is 5.02 Å². The molecule has 0 bridgehead atoms. The molecule has 10 heteroatoms. The molecule has 0 radical (unpaired) electrons. The average Bonchev–Trinajstić information content (AvgIpc) is 3.09. The summed E-state index contributed by atoms with van der Waals surface area (Å²) in [6, 6.07) is 11.3. The maximum absolute atomic E-state index is 13.6. The summed E-state index contributed by atoms with van der Waals surface area (Å²) in [6.45, 7) is 3.00. The molecule has 1 aliphatic rings. The minimum atomic E-state index is -0.810. The van der Waals surface area contributed by atoms with Crippen LogP contribution in [-0.2, 0) is 14.3 Å². The van der Waals surface area contributed by atoms with E-state index in [0.29, 0.717) is 36.9 Å². The molecular formula is C24H18BrClN2O5S. The Morgan fingerprint density at radius 1 is 1.24 bits per heavy atom. The third-order valence-electron chi connectivity index (χ3n) is 5.14. The topological polar surface area (TPSA) is 87.0 Å². The fraction of sp³-hybridized carbons (Fsp3) is 0.167. The minimum absolute atomic E-state index is 0.234. The summed E-state index contributed by atoms with van der Waals surface area (Å²) < 4.78 is 12.8. The molecule has 0 fully saturated rings. The maximum atomic E-state index is 13.6. The van der Waals surface area contributed by atoms with Crippen molar-refractivity contribution in [2.45, 2.75) is 19.9 Å². The van der Waals surface area contributed by atoms with Crippen molar-refractivity contribution in [1.29, 1.82) is 0 Å². The van der Waals surface area contributed by atoms with Crippen LogP contribution in [0, 0.1) is 0 Å². The average molecular weight is 562 g/mol. The second-order valence-corrected chi connectivity index (χ2v) is 9.70. The number of nitrogens with zero attached hydrogens (tertiary/aromatic N) is 2. The molecule has 1 aliphatic heterocycles. The van der Waals surface area contributed by atoms with E-state index >= 15 is 0 Å². The van der Waals surface area contributed by atoms with Gasteiger partial charge in [0, 0.05) is 22.0 Å². The van der Waals surface area contributed by atoms with E-state index in [1.54, 1.807) is 55.5 Å². The van der Waals surface area contributed by atoms with Crippen molar-refractivity contribution < 1.29 is 19.1 Å². The first kappa shape index (κ1) is 24.1. The van der Waals surface area contributed by atoms with Crippen molar-refractivity contribution >= 4 is 56.9 Å². The molecule has 0 aliphatic carbocycles. The van der Waals surface area contributed by atoms with Gasteiger partial charge in [-0.1, -0.05) is 57.1 Å². The molecule has 0 spiro atoms. The smallest absolute Gasteiger partial charge is 0.338 e. The third kappa shape index (κ3) is 4.51. The van der Waals surface area contributed by atoms with Crippen molar-refractivity contribution in [3.63, 3.8) is 0 Å². The van der Waals surface area contributed by atoms with Gasteiger partial charge in [-0.3, -0.25) is 14.2 Å². The van der Waals surface area contributed by atoms with E-state index in [1.165, 1.54) is 18.6 Å². The highest BCUT2D eigenvalue weighted by molar-refractivity contribution is 9.10. The van der Waals surface area contributed by atoms with Crippen LogP contribution in [0.4, 0.5) is 0 Å². The highest BCUT2D eigenvalue weighted by Gasteiger charge is 2.34. The van der Waals surface area contributed by atoms with Crippen LogP contribution in [0.1, 0.15) is 31.0 Å². The summed E-state index contributed by atoms with van der Waals surface area (Å²) in [7, 11) is 1.28. The number of esters is 2. The molecule has 1 atom stereocenters. The Hall–Kier alpha value is -3.01. The zero-order valence-electron chi connectivity index (χ0n) is 18.3. The Balaban J connectivity index is 2.00. The summed E-state index contributed by atoms with van der Waals surface area (Å²) in [5.41, 5.74) is 1.42. The van der Waals surface area contributed by atoms with Crippen LogP contribution >= 0.6 is 38.9 Å². The zero-order chi connectivity index (χ0) is 24.6. The molecule has 2 aromatic carbocycles. The molecule has 0 unspecified atom stereocenters. The van der Waals surface area contributed by atoms with Gasteiger partial charge in [0.05, 0.1) is 22.9 Å². The summed E-state index contributed by atoms with van der Waals surface area (Å²) in [4.78, 5) is 42.8. The Kier molecular flexibility index (Phi) is 6.88. The zero-order valence-corrected chi connectivity index (χ0v) is 21.5. The van der Waals surface area contributed by atoms with E-state index < -0.39 is 18.0 Å². The highest BCUT2D eigenvalue weighted by atomic mass is 79.9. The summed E-state index contributed by atoms with van der Waals surface area (Å²) in [5, 5.41) is 0.405. The number of fused-ring (bicyclic) bond motifs is 1. The number of rotatable bonds is 4. The van der Waals surface area contributed by atoms with Crippen molar-refractivity contribution in [3.05, 3.63) is 94.0 Å². The third-order valence-corrected chi connectivity index (χ3v) is 6.96. The van der Waals surface area contributed by atoms with Crippen molar-refractivity contribution in [2.24, 2.45) is 4.99 Å². The fourth-order valence-electron chi connectivity index (χ4n) is 3.70. The number of benzene rings is 2. The Bertz CT molecular complexity index is 1540. The van der Waals surface area contributed by atoms with Gasteiger partial charge < -0.3 is 9.47 Å². The Labute approximate surface area is 211 Å². The first-order valence-electron chi connectivity index (χ1n) is 10.0. The van der Waals surface area contributed by atoms with Gasteiger partial charge in [-0.2, -0.15) is 0 Å². The number of methoxy groups -OCH3 is 1. The molecule has 2 heterocycles. The first-order chi connectivity index (χ1) is 16.2. The van der Waals surface area contributed by atoms with Gasteiger partial charge in [-0.25, -0.2) is 9.79 Å².